The Morgan fingerprint density at radius 2 is 2.19 bits per heavy atom. The summed E-state index contributed by atoms with van der Waals surface area (Å²) in [6.45, 7) is 2.11. The fraction of sp³-hybridized carbons (Fsp3) is 0.391. The van der Waals surface area contributed by atoms with E-state index in [1.807, 2.05) is 48.1 Å². The van der Waals surface area contributed by atoms with Gasteiger partial charge in [-0.05, 0) is 30.5 Å². The SMILES string of the molecule is CNc1cc(N2CCC[C@@](O)(CN(C)C(=O)c3cccc(Cn4ccnc4)c3)C2)ncn1. The Morgan fingerprint density at radius 1 is 1.31 bits per heavy atom. The summed E-state index contributed by atoms with van der Waals surface area (Å²) in [5, 5.41) is 14.3. The molecule has 3 heterocycles. The van der Waals surface area contributed by atoms with E-state index in [4.69, 9.17) is 0 Å². The minimum absolute atomic E-state index is 0.109. The second kappa shape index (κ2) is 9.35. The molecule has 0 aliphatic carbocycles. The molecule has 9 nitrogen and oxygen atoms in total. The van der Waals surface area contributed by atoms with Crippen LogP contribution in [0.5, 0.6) is 0 Å². The smallest absolute Gasteiger partial charge is 0.253 e. The Bertz CT molecular complexity index is 1060. The third kappa shape index (κ3) is 5.05. The fourth-order valence-electron chi connectivity index (χ4n) is 4.22. The molecule has 1 aliphatic heterocycles. The lowest BCUT2D eigenvalue weighted by Crippen LogP contribution is -2.54. The molecule has 32 heavy (non-hydrogen) atoms. The largest absolute Gasteiger partial charge is 0.386 e. The van der Waals surface area contributed by atoms with Crippen LogP contribution in [0.15, 0.2) is 55.4 Å². The molecule has 0 saturated carbocycles. The number of amides is 1. The number of β-amino-alcohol motifs (C(OH)–C–C–N with tert-alkyl or cyclic N) is 1. The van der Waals surface area contributed by atoms with Crippen LogP contribution in [0.25, 0.3) is 0 Å². The summed E-state index contributed by atoms with van der Waals surface area (Å²) in [6.07, 6.45) is 8.34. The first-order chi connectivity index (χ1) is 15.5. The minimum Gasteiger partial charge on any atom is -0.386 e. The average Bonchev–Trinajstić information content (AvgIpc) is 3.31. The Labute approximate surface area is 187 Å². The monoisotopic (exact) mass is 435 g/mol. The molecule has 1 aromatic carbocycles. The molecule has 4 rings (SSSR count). The van der Waals surface area contributed by atoms with E-state index in [9.17, 15) is 9.90 Å². The summed E-state index contributed by atoms with van der Waals surface area (Å²) in [5.74, 6) is 1.39. The molecule has 1 atom stereocenters. The first kappa shape index (κ1) is 21.8. The molecule has 2 N–H and O–H groups in total. The number of imidazole rings is 1. The average molecular weight is 436 g/mol. The zero-order chi connectivity index (χ0) is 22.6. The van der Waals surface area contributed by atoms with E-state index in [1.165, 1.54) is 6.33 Å². The lowest BCUT2D eigenvalue weighted by molar-refractivity contribution is -0.000137. The van der Waals surface area contributed by atoms with Gasteiger partial charge in [0.15, 0.2) is 0 Å². The maximum atomic E-state index is 13.1. The number of carbonyl (C=O) groups is 1. The van der Waals surface area contributed by atoms with Crippen LogP contribution in [0.3, 0.4) is 0 Å². The summed E-state index contributed by atoms with van der Waals surface area (Å²) in [4.78, 5) is 29.3. The van der Waals surface area contributed by atoms with Crippen LogP contribution in [0.1, 0.15) is 28.8 Å². The second-order valence-electron chi connectivity index (χ2n) is 8.36. The number of hydrogen-bond donors (Lipinski definition) is 2. The Hall–Kier alpha value is -3.46. The Kier molecular flexibility index (Phi) is 6.36. The summed E-state index contributed by atoms with van der Waals surface area (Å²) >= 11 is 0. The van der Waals surface area contributed by atoms with E-state index < -0.39 is 5.60 Å². The van der Waals surface area contributed by atoms with Crippen LogP contribution >= 0.6 is 0 Å². The third-order valence-corrected chi connectivity index (χ3v) is 5.76. The molecule has 1 aliphatic rings. The molecule has 168 valence electrons. The van der Waals surface area contributed by atoms with Gasteiger partial charge in [0.05, 0.1) is 18.5 Å². The van der Waals surface area contributed by atoms with Crippen molar-refractivity contribution in [1.82, 2.24) is 24.4 Å². The van der Waals surface area contributed by atoms with Crippen LogP contribution < -0.4 is 10.2 Å². The number of carbonyl (C=O) groups excluding carboxylic acids is 1. The van der Waals surface area contributed by atoms with E-state index in [0.717, 1.165) is 30.2 Å². The van der Waals surface area contributed by atoms with Crippen molar-refractivity contribution >= 4 is 17.5 Å². The molecule has 0 radical (unpaired) electrons. The molecule has 1 saturated heterocycles. The third-order valence-electron chi connectivity index (χ3n) is 5.76. The van der Waals surface area contributed by atoms with E-state index in [1.54, 1.807) is 24.5 Å². The predicted octanol–water partition coefficient (Wildman–Crippen LogP) is 1.87. The highest BCUT2D eigenvalue weighted by atomic mass is 16.3. The normalized spacial score (nSPS) is 18.4. The van der Waals surface area contributed by atoms with Crippen molar-refractivity contribution in [3.63, 3.8) is 0 Å². The molecule has 2 aromatic heterocycles. The van der Waals surface area contributed by atoms with E-state index in [0.29, 0.717) is 25.1 Å². The standard InChI is InChI=1S/C23H29N7O2/c1-24-20-12-21(27-16-26-20)30-9-4-7-23(32,15-30)14-28(2)22(31)19-6-3-5-18(11-19)13-29-10-8-25-17-29/h3,5-6,8,10-12,16-17,32H,4,7,9,13-15H2,1-2H3,(H,24,26,27)/t23-/m1/s1. The van der Waals surface area contributed by atoms with Gasteiger partial charge in [-0.1, -0.05) is 12.1 Å². The lowest BCUT2D eigenvalue weighted by atomic mass is 9.92. The van der Waals surface area contributed by atoms with Gasteiger partial charge in [0, 0.05) is 57.8 Å². The molecule has 1 amide bonds. The highest BCUT2D eigenvalue weighted by molar-refractivity contribution is 5.94. The quantitative estimate of drug-likeness (QED) is 0.584. The number of likely N-dealkylation sites (N-methyl/N-ethyl adjacent to an activating group) is 1. The lowest BCUT2D eigenvalue weighted by Gasteiger charge is -2.41. The first-order valence-corrected chi connectivity index (χ1v) is 10.7. The minimum atomic E-state index is -1.01. The Balaban J connectivity index is 1.43. The van der Waals surface area contributed by atoms with Crippen LogP contribution in [0.4, 0.5) is 11.6 Å². The van der Waals surface area contributed by atoms with Crippen LogP contribution in [-0.4, -0.2) is 74.8 Å². The number of nitrogens with one attached hydrogen (secondary N) is 1. The van der Waals surface area contributed by atoms with Gasteiger partial charge in [-0.2, -0.15) is 0 Å². The van der Waals surface area contributed by atoms with Gasteiger partial charge in [-0.25, -0.2) is 15.0 Å². The van der Waals surface area contributed by atoms with Gasteiger partial charge in [-0.15, -0.1) is 0 Å². The number of anilines is 2. The predicted molar refractivity (Wildman–Crippen MR) is 123 cm³/mol. The number of rotatable bonds is 7. The number of nitrogens with zero attached hydrogens (tertiary/aromatic N) is 6. The number of aliphatic hydroxyl groups is 1. The maximum Gasteiger partial charge on any atom is 0.253 e. The van der Waals surface area contributed by atoms with Crippen molar-refractivity contribution in [3.8, 4) is 0 Å². The number of hydrogen-bond acceptors (Lipinski definition) is 7. The van der Waals surface area contributed by atoms with Gasteiger partial charge < -0.3 is 24.8 Å². The zero-order valence-corrected chi connectivity index (χ0v) is 18.5. The van der Waals surface area contributed by atoms with Crippen LogP contribution in [0.2, 0.25) is 0 Å². The molecule has 1 fully saturated rings. The van der Waals surface area contributed by atoms with Crippen molar-refractivity contribution < 1.29 is 9.90 Å². The van der Waals surface area contributed by atoms with Gasteiger partial charge in [0.25, 0.3) is 5.91 Å². The van der Waals surface area contributed by atoms with Gasteiger partial charge in [0.1, 0.15) is 18.0 Å². The molecule has 0 bridgehead atoms. The summed E-state index contributed by atoms with van der Waals surface area (Å²) in [7, 11) is 3.55. The van der Waals surface area contributed by atoms with Crippen molar-refractivity contribution in [2.75, 3.05) is 43.9 Å². The van der Waals surface area contributed by atoms with E-state index >= 15 is 0 Å². The molecule has 0 spiro atoms. The van der Waals surface area contributed by atoms with Crippen molar-refractivity contribution in [3.05, 3.63) is 66.5 Å². The second-order valence-corrected chi connectivity index (χ2v) is 8.36. The topological polar surface area (TPSA) is 99.4 Å². The van der Waals surface area contributed by atoms with Crippen molar-refractivity contribution in [2.45, 2.75) is 25.0 Å². The maximum absolute atomic E-state index is 13.1. The van der Waals surface area contributed by atoms with E-state index in [2.05, 4.69) is 25.2 Å². The summed E-state index contributed by atoms with van der Waals surface area (Å²) < 4.78 is 1.96. The first-order valence-electron chi connectivity index (χ1n) is 10.7. The molecule has 9 heteroatoms. The molecular formula is C23H29N7O2. The zero-order valence-electron chi connectivity index (χ0n) is 18.5. The van der Waals surface area contributed by atoms with Crippen LogP contribution in [-0.2, 0) is 6.54 Å². The van der Waals surface area contributed by atoms with Gasteiger partial charge in [0.2, 0.25) is 0 Å². The van der Waals surface area contributed by atoms with Crippen LogP contribution in [0, 0.1) is 0 Å². The number of aromatic nitrogens is 4. The number of piperidine rings is 1. The summed E-state index contributed by atoms with van der Waals surface area (Å²) in [5.41, 5.74) is 0.617. The highest BCUT2D eigenvalue weighted by Gasteiger charge is 2.36. The highest BCUT2D eigenvalue weighted by Crippen LogP contribution is 2.26. The molecular weight excluding hydrogens is 406 g/mol. The number of benzene rings is 1. The fourth-order valence-corrected chi connectivity index (χ4v) is 4.22. The summed E-state index contributed by atoms with van der Waals surface area (Å²) in [6, 6.07) is 9.46. The van der Waals surface area contributed by atoms with Crippen molar-refractivity contribution in [1.29, 1.82) is 0 Å². The van der Waals surface area contributed by atoms with Crippen molar-refractivity contribution in [2.24, 2.45) is 0 Å². The molecule has 0 unspecified atom stereocenters. The van der Waals surface area contributed by atoms with Gasteiger partial charge >= 0.3 is 0 Å². The molecule has 3 aromatic rings. The van der Waals surface area contributed by atoms with E-state index in [-0.39, 0.29) is 12.5 Å². The Morgan fingerprint density at radius 3 is 2.97 bits per heavy atom. The van der Waals surface area contributed by atoms with Gasteiger partial charge in [-0.3, -0.25) is 4.79 Å².